The highest BCUT2D eigenvalue weighted by Crippen LogP contribution is 2.32. The summed E-state index contributed by atoms with van der Waals surface area (Å²) in [5.41, 5.74) is 2.53. The number of benzene rings is 1. The SMILES string of the molecule is C[C@@H]1C[C@H](N(C)CCCNC(=O)CO[C@H]2CCCc3ccccc32)[C@@H](O)[C@H](O)O1. The Hall–Kier alpha value is -1.51. The minimum absolute atomic E-state index is 0.000239. The minimum Gasteiger partial charge on any atom is -0.386 e. The van der Waals surface area contributed by atoms with E-state index >= 15 is 0 Å². The van der Waals surface area contributed by atoms with E-state index in [4.69, 9.17) is 9.47 Å². The van der Waals surface area contributed by atoms with Crippen molar-refractivity contribution >= 4 is 5.91 Å². The number of ether oxygens (including phenoxy) is 2. The van der Waals surface area contributed by atoms with Crippen LogP contribution in [-0.2, 0) is 20.7 Å². The third-order valence-electron chi connectivity index (χ3n) is 5.94. The van der Waals surface area contributed by atoms with E-state index in [2.05, 4.69) is 17.4 Å². The van der Waals surface area contributed by atoms with Crippen LogP contribution in [0.15, 0.2) is 24.3 Å². The largest absolute Gasteiger partial charge is 0.386 e. The van der Waals surface area contributed by atoms with Crippen molar-refractivity contribution in [3.63, 3.8) is 0 Å². The second kappa shape index (κ2) is 10.5. The number of aryl methyl sites for hydroxylation is 1. The molecule has 162 valence electrons. The van der Waals surface area contributed by atoms with Gasteiger partial charge in [-0.2, -0.15) is 0 Å². The Morgan fingerprint density at radius 3 is 2.97 bits per heavy atom. The molecule has 7 heteroatoms. The maximum atomic E-state index is 12.1. The van der Waals surface area contributed by atoms with Crippen molar-refractivity contribution in [2.45, 2.75) is 69.7 Å². The van der Waals surface area contributed by atoms with Crippen molar-refractivity contribution in [1.82, 2.24) is 10.2 Å². The number of hydrogen-bond donors (Lipinski definition) is 3. The van der Waals surface area contributed by atoms with E-state index in [1.807, 2.05) is 31.0 Å². The van der Waals surface area contributed by atoms with Gasteiger partial charge in [0.1, 0.15) is 12.7 Å². The Morgan fingerprint density at radius 1 is 1.34 bits per heavy atom. The Morgan fingerprint density at radius 2 is 2.14 bits per heavy atom. The number of fused-ring (bicyclic) bond motifs is 1. The molecular formula is C22H34N2O5. The van der Waals surface area contributed by atoms with Crippen LogP contribution in [0, 0.1) is 0 Å². The van der Waals surface area contributed by atoms with Crippen LogP contribution >= 0.6 is 0 Å². The Bertz CT molecular complexity index is 670. The van der Waals surface area contributed by atoms with Crippen molar-refractivity contribution < 1.29 is 24.5 Å². The van der Waals surface area contributed by atoms with Gasteiger partial charge in [-0.05, 0) is 63.7 Å². The molecular weight excluding hydrogens is 372 g/mol. The van der Waals surface area contributed by atoms with Crippen molar-refractivity contribution in [1.29, 1.82) is 0 Å². The van der Waals surface area contributed by atoms with Gasteiger partial charge in [0.15, 0.2) is 6.29 Å². The number of rotatable bonds is 8. The molecule has 2 aliphatic rings. The number of carbonyl (C=O) groups excluding carboxylic acids is 1. The third-order valence-corrected chi connectivity index (χ3v) is 5.94. The number of hydrogen-bond acceptors (Lipinski definition) is 6. The van der Waals surface area contributed by atoms with E-state index in [9.17, 15) is 15.0 Å². The zero-order chi connectivity index (χ0) is 20.8. The van der Waals surface area contributed by atoms with Gasteiger partial charge in [-0.15, -0.1) is 0 Å². The molecule has 1 aliphatic heterocycles. The van der Waals surface area contributed by atoms with Gasteiger partial charge in [0.2, 0.25) is 5.91 Å². The standard InChI is InChI=1S/C22H34N2O5/c1-15-13-18(21(26)22(27)29-15)24(2)12-6-11-23-20(25)14-28-19-10-5-8-16-7-3-4-9-17(16)19/h3-4,7,9,15,18-19,21-22,26-27H,5-6,8,10-14H2,1-2H3,(H,23,25)/t15-,18+,19+,21-,22-/m1/s1. The molecule has 1 heterocycles. The Balaban J connectivity index is 1.34. The van der Waals surface area contributed by atoms with Crippen LogP contribution in [-0.4, -0.2) is 72.3 Å². The summed E-state index contributed by atoms with van der Waals surface area (Å²) >= 11 is 0. The normalized spacial score (nSPS) is 29.5. The van der Waals surface area contributed by atoms with Crippen LogP contribution < -0.4 is 5.32 Å². The van der Waals surface area contributed by atoms with Gasteiger partial charge < -0.3 is 29.9 Å². The topological polar surface area (TPSA) is 91.3 Å². The quantitative estimate of drug-likeness (QED) is 0.565. The molecule has 0 aromatic heterocycles. The van der Waals surface area contributed by atoms with Crippen molar-refractivity contribution in [2.24, 2.45) is 0 Å². The summed E-state index contributed by atoms with van der Waals surface area (Å²) in [6, 6.07) is 8.14. The molecule has 1 saturated heterocycles. The maximum Gasteiger partial charge on any atom is 0.246 e. The molecule has 3 rings (SSSR count). The van der Waals surface area contributed by atoms with Crippen molar-refractivity contribution in [3.8, 4) is 0 Å². The smallest absolute Gasteiger partial charge is 0.246 e. The first-order chi connectivity index (χ1) is 14.0. The summed E-state index contributed by atoms with van der Waals surface area (Å²) in [4.78, 5) is 14.2. The van der Waals surface area contributed by atoms with Gasteiger partial charge in [-0.3, -0.25) is 4.79 Å². The van der Waals surface area contributed by atoms with Crippen molar-refractivity contribution in [3.05, 3.63) is 35.4 Å². The van der Waals surface area contributed by atoms with Gasteiger partial charge in [0, 0.05) is 12.6 Å². The lowest BCUT2D eigenvalue weighted by Crippen LogP contribution is -2.54. The van der Waals surface area contributed by atoms with E-state index in [0.29, 0.717) is 19.5 Å². The molecule has 0 bridgehead atoms. The maximum absolute atomic E-state index is 12.1. The second-order valence-corrected chi connectivity index (χ2v) is 8.21. The average molecular weight is 407 g/mol. The third kappa shape index (κ3) is 5.99. The van der Waals surface area contributed by atoms with Gasteiger partial charge in [-0.25, -0.2) is 0 Å². The van der Waals surface area contributed by atoms with Crippen LogP contribution in [0.4, 0.5) is 0 Å². The lowest BCUT2D eigenvalue weighted by molar-refractivity contribution is -0.231. The minimum atomic E-state index is -1.15. The number of amides is 1. The molecule has 5 atom stereocenters. The molecule has 1 amide bonds. The van der Waals surface area contributed by atoms with Gasteiger partial charge in [-0.1, -0.05) is 24.3 Å². The lowest BCUT2D eigenvalue weighted by atomic mass is 9.89. The number of aliphatic hydroxyl groups is 2. The summed E-state index contributed by atoms with van der Waals surface area (Å²) in [6.45, 7) is 3.21. The van der Waals surface area contributed by atoms with E-state index in [1.165, 1.54) is 11.1 Å². The predicted molar refractivity (Wildman–Crippen MR) is 109 cm³/mol. The first-order valence-electron chi connectivity index (χ1n) is 10.6. The molecule has 1 aromatic carbocycles. The summed E-state index contributed by atoms with van der Waals surface area (Å²) in [7, 11) is 1.92. The fraction of sp³-hybridized carbons (Fsp3) is 0.682. The molecule has 1 fully saturated rings. The fourth-order valence-corrected chi connectivity index (χ4v) is 4.32. The Labute approximate surface area is 173 Å². The molecule has 1 aliphatic carbocycles. The molecule has 3 N–H and O–H groups in total. The first-order valence-corrected chi connectivity index (χ1v) is 10.6. The average Bonchev–Trinajstić information content (AvgIpc) is 2.72. The summed E-state index contributed by atoms with van der Waals surface area (Å²) < 4.78 is 11.1. The Kier molecular flexibility index (Phi) is 8.03. The molecule has 0 saturated carbocycles. The van der Waals surface area contributed by atoms with E-state index in [-0.39, 0.29) is 30.8 Å². The molecule has 0 unspecified atom stereocenters. The number of aliphatic hydroxyl groups excluding tert-OH is 2. The van der Waals surface area contributed by atoms with E-state index in [1.54, 1.807) is 0 Å². The lowest BCUT2D eigenvalue weighted by Gasteiger charge is -2.40. The number of nitrogens with zero attached hydrogens (tertiary/aromatic N) is 1. The molecule has 29 heavy (non-hydrogen) atoms. The van der Waals surface area contributed by atoms with Gasteiger partial charge in [0.05, 0.1) is 12.2 Å². The number of nitrogens with one attached hydrogen (secondary N) is 1. The molecule has 0 radical (unpaired) electrons. The highest BCUT2D eigenvalue weighted by Gasteiger charge is 2.36. The monoisotopic (exact) mass is 406 g/mol. The van der Waals surface area contributed by atoms with Crippen LogP contribution in [0.2, 0.25) is 0 Å². The van der Waals surface area contributed by atoms with Gasteiger partial charge in [0.25, 0.3) is 0 Å². The van der Waals surface area contributed by atoms with E-state index in [0.717, 1.165) is 25.7 Å². The summed E-state index contributed by atoms with van der Waals surface area (Å²) in [5.74, 6) is -0.106. The fourth-order valence-electron chi connectivity index (χ4n) is 4.32. The van der Waals surface area contributed by atoms with Crippen LogP contribution in [0.25, 0.3) is 0 Å². The second-order valence-electron chi connectivity index (χ2n) is 8.21. The first kappa shape index (κ1) is 22.2. The highest BCUT2D eigenvalue weighted by atomic mass is 16.6. The molecule has 1 aromatic rings. The van der Waals surface area contributed by atoms with Crippen LogP contribution in [0.1, 0.15) is 49.8 Å². The van der Waals surface area contributed by atoms with Crippen LogP contribution in [0.3, 0.4) is 0 Å². The van der Waals surface area contributed by atoms with Crippen LogP contribution in [0.5, 0.6) is 0 Å². The number of carbonyl (C=O) groups is 1. The zero-order valence-corrected chi connectivity index (χ0v) is 17.4. The van der Waals surface area contributed by atoms with E-state index < -0.39 is 12.4 Å². The zero-order valence-electron chi connectivity index (χ0n) is 17.4. The molecule has 0 spiro atoms. The van der Waals surface area contributed by atoms with Crippen molar-refractivity contribution in [2.75, 3.05) is 26.7 Å². The molecule has 7 nitrogen and oxygen atoms in total. The predicted octanol–water partition coefficient (Wildman–Crippen LogP) is 1.38. The number of likely N-dealkylation sites (N-methyl/N-ethyl adjacent to an activating group) is 1. The van der Waals surface area contributed by atoms with Gasteiger partial charge >= 0.3 is 0 Å². The summed E-state index contributed by atoms with van der Waals surface area (Å²) in [6.07, 6.45) is 2.37. The highest BCUT2D eigenvalue weighted by molar-refractivity contribution is 5.77. The summed E-state index contributed by atoms with van der Waals surface area (Å²) in [5, 5.41) is 22.8.